The Bertz CT molecular complexity index is 319. The van der Waals surface area contributed by atoms with Crippen LogP contribution in [0.4, 0.5) is 0 Å². The summed E-state index contributed by atoms with van der Waals surface area (Å²) in [7, 11) is 1.61. The van der Waals surface area contributed by atoms with Crippen molar-refractivity contribution in [2.24, 2.45) is 0 Å². The first kappa shape index (κ1) is 12.0. The van der Waals surface area contributed by atoms with Gasteiger partial charge >= 0.3 is 5.97 Å². The lowest BCUT2D eigenvalue weighted by Gasteiger charge is -2.06. The molecule has 1 aromatic rings. The fourth-order valence-electron chi connectivity index (χ4n) is 0.991. The van der Waals surface area contributed by atoms with Gasteiger partial charge in [0.1, 0.15) is 17.2 Å². The monoisotopic (exact) mass is 272 g/mol. The molecule has 0 fully saturated rings. The van der Waals surface area contributed by atoms with Crippen molar-refractivity contribution in [3.05, 3.63) is 29.8 Å². The Balaban J connectivity index is 2.47. The molecule has 1 atom stereocenters. The number of hydrogen-bond acceptors (Lipinski definition) is 3. The molecule has 4 heteroatoms. The first-order valence-corrected chi connectivity index (χ1v) is 5.48. The standard InChI is InChI=1S/C11H13BrO3/c1-8(12)11(13)15-7-9-3-5-10(14-2)6-4-9/h3-6,8H,7H2,1-2H3. The molecule has 1 aromatic carbocycles. The topological polar surface area (TPSA) is 35.5 Å². The van der Waals surface area contributed by atoms with Crippen LogP contribution in [0.25, 0.3) is 0 Å². The second-order valence-electron chi connectivity index (χ2n) is 3.07. The molecule has 0 aliphatic rings. The Morgan fingerprint density at radius 2 is 2.00 bits per heavy atom. The maximum absolute atomic E-state index is 11.1. The lowest BCUT2D eigenvalue weighted by atomic mass is 10.2. The Labute approximate surface area is 97.5 Å². The number of rotatable bonds is 4. The fraction of sp³-hybridized carbons (Fsp3) is 0.364. The molecule has 82 valence electrons. The third-order valence-electron chi connectivity index (χ3n) is 1.86. The zero-order valence-corrected chi connectivity index (χ0v) is 10.3. The second-order valence-corrected chi connectivity index (χ2v) is 4.45. The number of benzene rings is 1. The van der Waals surface area contributed by atoms with Crippen molar-refractivity contribution in [3.8, 4) is 5.75 Å². The molecule has 0 heterocycles. The van der Waals surface area contributed by atoms with Crippen LogP contribution in [0.3, 0.4) is 0 Å². The van der Waals surface area contributed by atoms with E-state index in [0.717, 1.165) is 11.3 Å². The number of halogens is 1. The highest BCUT2D eigenvalue weighted by molar-refractivity contribution is 9.10. The van der Waals surface area contributed by atoms with Gasteiger partial charge in [-0.05, 0) is 24.6 Å². The van der Waals surface area contributed by atoms with E-state index in [9.17, 15) is 4.79 Å². The van der Waals surface area contributed by atoms with E-state index in [1.165, 1.54) is 0 Å². The van der Waals surface area contributed by atoms with Crippen molar-refractivity contribution in [2.45, 2.75) is 18.4 Å². The van der Waals surface area contributed by atoms with Gasteiger partial charge in [-0.25, -0.2) is 0 Å². The summed E-state index contributed by atoms with van der Waals surface area (Å²) in [5.74, 6) is 0.532. The van der Waals surface area contributed by atoms with E-state index in [4.69, 9.17) is 9.47 Å². The summed E-state index contributed by atoms with van der Waals surface area (Å²) in [4.78, 5) is 10.9. The van der Waals surface area contributed by atoms with Crippen molar-refractivity contribution >= 4 is 21.9 Å². The normalized spacial score (nSPS) is 11.9. The fourth-order valence-corrected chi connectivity index (χ4v) is 1.12. The zero-order chi connectivity index (χ0) is 11.3. The van der Waals surface area contributed by atoms with Crippen LogP contribution in [0.1, 0.15) is 12.5 Å². The third kappa shape index (κ3) is 3.91. The van der Waals surface area contributed by atoms with Crippen LogP contribution in [-0.4, -0.2) is 17.9 Å². The quantitative estimate of drug-likeness (QED) is 0.624. The number of alkyl halides is 1. The molecule has 15 heavy (non-hydrogen) atoms. The van der Waals surface area contributed by atoms with E-state index in [2.05, 4.69) is 15.9 Å². The number of esters is 1. The molecule has 1 unspecified atom stereocenters. The molecular weight excluding hydrogens is 260 g/mol. The van der Waals surface area contributed by atoms with Crippen LogP contribution >= 0.6 is 15.9 Å². The van der Waals surface area contributed by atoms with Crippen LogP contribution in [0, 0.1) is 0 Å². The lowest BCUT2D eigenvalue weighted by Crippen LogP contribution is -2.13. The van der Waals surface area contributed by atoms with Crippen LogP contribution in [0.15, 0.2) is 24.3 Å². The maximum Gasteiger partial charge on any atom is 0.319 e. The molecule has 0 N–H and O–H groups in total. The summed E-state index contributed by atoms with van der Waals surface area (Å²) in [5.41, 5.74) is 0.942. The summed E-state index contributed by atoms with van der Waals surface area (Å²) in [5, 5.41) is 0. The number of carbonyl (C=O) groups is 1. The predicted molar refractivity (Wildman–Crippen MR) is 61.2 cm³/mol. The molecule has 0 aliphatic heterocycles. The van der Waals surface area contributed by atoms with Crippen molar-refractivity contribution in [1.82, 2.24) is 0 Å². The van der Waals surface area contributed by atoms with Crippen LogP contribution in [-0.2, 0) is 16.1 Å². The van der Waals surface area contributed by atoms with Crippen LogP contribution in [0.5, 0.6) is 5.75 Å². The van der Waals surface area contributed by atoms with Crippen molar-refractivity contribution in [3.63, 3.8) is 0 Å². The van der Waals surface area contributed by atoms with Gasteiger partial charge in [-0.2, -0.15) is 0 Å². The second kappa shape index (κ2) is 5.75. The molecular formula is C11H13BrO3. The lowest BCUT2D eigenvalue weighted by molar-refractivity contribution is -0.143. The van der Waals surface area contributed by atoms with Gasteiger partial charge in [-0.1, -0.05) is 28.1 Å². The van der Waals surface area contributed by atoms with Gasteiger partial charge in [0, 0.05) is 0 Å². The van der Waals surface area contributed by atoms with Gasteiger partial charge in [0.2, 0.25) is 0 Å². The number of hydrogen-bond donors (Lipinski definition) is 0. The third-order valence-corrected chi connectivity index (χ3v) is 2.24. The first-order valence-electron chi connectivity index (χ1n) is 4.57. The molecule has 0 saturated heterocycles. The average molecular weight is 273 g/mol. The van der Waals surface area contributed by atoms with Crippen LogP contribution < -0.4 is 4.74 Å². The minimum absolute atomic E-state index is 0.259. The Morgan fingerprint density at radius 1 is 1.40 bits per heavy atom. The van der Waals surface area contributed by atoms with Gasteiger partial charge in [0.15, 0.2) is 0 Å². The summed E-state index contributed by atoms with van der Waals surface area (Å²) >= 11 is 3.14. The van der Waals surface area contributed by atoms with E-state index in [1.807, 2.05) is 24.3 Å². The van der Waals surface area contributed by atoms with E-state index >= 15 is 0 Å². The van der Waals surface area contributed by atoms with E-state index in [0.29, 0.717) is 6.61 Å². The molecule has 0 aromatic heterocycles. The van der Waals surface area contributed by atoms with Gasteiger partial charge in [0.05, 0.1) is 7.11 Å². The van der Waals surface area contributed by atoms with Crippen molar-refractivity contribution < 1.29 is 14.3 Å². The molecule has 1 rings (SSSR count). The minimum atomic E-state index is -0.268. The number of carbonyl (C=O) groups excluding carboxylic acids is 1. The van der Waals surface area contributed by atoms with Gasteiger partial charge in [0.25, 0.3) is 0 Å². The molecule has 0 amide bonds. The summed E-state index contributed by atoms with van der Waals surface area (Å²) in [6.45, 7) is 2.02. The SMILES string of the molecule is COc1ccc(COC(=O)C(C)Br)cc1. The van der Waals surface area contributed by atoms with E-state index < -0.39 is 0 Å². The highest BCUT2D eigenvalue weighted by Crippen LogP contribution is 2.12. The van der Waals surface area contributed by atoms with Crippen LogP contribution in [0.2, 0.25) is 0 Å². The minimum Gasteiger partial charge on any atom is -0.497 e. The number of ether oxygens (including phenoxy) is 2. The highest BCUT2D eigenvalue weighted by Gasteiger charge is 2.09. The van der Waals surface area contributed by atoms with E-state index in [1.54, 1.807) is 14.0 Å². The predicted octanol–water partition coefficient (Wildman–Crippen LogP) is 2.52. The van der Waals surface area contributed by atoms with Gasteiger partial charge in [-0.15, -0.1) is 0 Å². The molecule has 0 radical (unpaired) electrons. The molecule has 3 nitrogen and oxygen atoms in total. The smallest absolute Gasteiger partial charge is 0.319 e. The largest absolute Gasteiger partial charge is 0.497 e. The van der Waals surface area contributed by atoms with Crippen molar-refractivity contribution in [2.75, 3.05) is 7.11 Å². The maximum atomic E-state index is 11.1. The molecule has 0 saturated carbocycles. The number of methoxy groups -OCH3 is 1. The van der Waals surface area contributed by atoms with Gasteiger partial charge in [-0.3, -0.25) is 4.79 Å². The molecule has 0 spiro atoms. The summed E-state index contributed by atoms with van der Waals surface area (Å²) in [6, 6.07) is 7.40. The first-order chi connectivity index (χ1) is 7.13. The Morgan fingerprint density at radius 3 is 2.47 bits per heavy atom. The summed E-state index contributed by atoms with van der Waals surface area (Å²) in [6.07, 6.45) is 0. The molecule has 0 bridgehead atoms. The Kier molecular flexibility index (Phi) is 4.62. The highest BCUT2D eigenvalue weighted by atomic mass is 79.9. The van der Waals surface area contributed by atoms with Gasteiger partial charge < -0.3 is 9.47 Å². The van der Waals surface area contributed by atoms with E-state index in [-0.39, 0.29) is 10.8 Å². The zero-order valence-electron chi connectivity index (χ0n) is 8.70. The Hall–Kier alpha value is -1.03. The molecule has 0 aliphatic carbocycles. The van der Waals surface area contributed by atoms with Crippen molar-refractivity contribution in [1.29, 1.82) is 0 Å². The average Bonchev–Trinajstić information content (AvgIpc) is 2.26. The summed E-state index contributed by atoms with van der Waals surface area (Å²) < 4.78 is 10.1.